The molecule has 6 rings (SSSR count). The molecule has 2 heterocycles. The van der Waals surface area contributed by atoms with Gasteiger partial charge in [0.1, 0.15) is 10.6 Å². The Morgan fingerprint density at radius 3 is 2.61 bits per heavy atom. The van der Waals surface area contributed by atoms with Crippen molar-refractivity contribution < 1.29 is 22.5 Å². The van der Waals surface area contributed by atoms with E-state index in [-0.39, 0.29) is 27.8 Å². The van der Waals surface area contributed by atoms with Crippen LogP contribution < -0.4 is 19.7 Å². The molecular weight excluding hydrogens is 480 g/mol. The Bertz CT molecular complexity index is 1500. The van der Waals surface area contributed by atoms with Crippen molar-refractivity contribution in [3.8, 4) is 17.1 Å². The molecule has 188 valence electrons. The van der Waals surface area contributed by atoms with Crippen molar-refractivity contribution in [2.24, 2.45) is 0 Å². The molecule has 2 aromatic carbocycles. The van der Waals surface area contributed by atoms with Gasteiger partial charge in [-0.3, -0.25) is 9.52 Å². The summed E-state index contributed by atoms with van der Waals surface area (Å²) in [5.74, 6) is 0.582. The van der Waals surface area contributed by atoms with Crippen LogP contribution in [-0.4, -0.2) is 46.7 Å². The number of methoxy groups -OCH3 is 1. The average Bonchev–Trinajstić information content (AvgIpc) is 3.49. The van der Waals surface area contributed by atoms with Crippen molar-refractivity contribution in [2.45, 2.75) is 42.9 Å². The Kier molecular flexibility index (Phi) is 5.08. The van der Waals surface area contributed by atoms with Crippen LogP contribution in [0.25, 0.3) is 11.3 Å². The maximum absolute atomic E-state index is 13.5. The van der Waals surface area contributed by atoms with Crippen LogP contribution in [0, 0.1) is 6.92 Å². The lowest BCUT2D eigenvalue weighted by Gasteiger charge is -2.34. The predicted molar refractivity (Wildman–Crippen MR) is 135 cm³/mol. The van der Waals surface area contributed by atoms with E-state index in [0.29, 0.717) is 23.3 Å². The number of aromatic nitrogens is 1. The number of hydrogen-bond donors (Lipinski definition) is 2. The van der Waals surface area contributed by atoms with Crippen molar-refractivity contribution in [3.05, 3.63) is 52.6 Å². The van der Waals surface area contributed by atoms with Crippen LogP contribution in [0.15, 0.2) is 39.8 Å². The number of nitrogens with zero attached hydrogens (tertiary/aromatic N) is 2. The molecule has 36 heavy (non-hydrogen) atoms. The number of nitrogens with one attached hydrogen (secondary N) is 2. The van der Waals surface area contributed by atoms with Gasteiger partial charge in [0.05, 0.1) is 7.11 Å². The number of rotatable bonds is 6. The van der Waals surface area contributed by atoms with Gasteiger partial charge in [0, 0.05) is 47.9 Å². The lowest BCUT2D eigenvalue weighted by atomic mass is 9.79. The number of hydrogen-bond acceptors (Lipinski definition) is 7. The smallest absolute Gasteiger partial charge is 0.266 e. The molecule has 2 fully saturated rings. The minimum absolute atomic E-state index is 0.00496. The summed E-state index contributed by atoms with van der Waals surface area (Å²) in [6.07, 6.45) is 3.96. The largest absolute Gasteiger partial charge is 0.495 e. The number of carbonyl (C=O) groups excluding carboxylic acids is 1. The van der Waals surface area contributed by atoms with Crippen molar-refractivity contribution in [1.29, 1.82) is 0 Å². The molecule has 3 aromatic rings. The van der Waals surface area contributed by atoms with Gasteiger partial charge in [-0.25, -0.2) is 8.42 Å². The van der Waals surface area contributed by atoms with E-state index >= 15 is 0 Å². The van der Waals surface area contributed by atoms with Crippen molar-refractivity contribution in [2.75, 3.05) is 36.9 Å². The van der Waals surface area contributed by atoms with Gasteiger partial charge >= 0.3 is 0 Å². The topological polar surface area (TPSA) is 114 Å². The van der Waals surface area contributed by atoms with Gasteiger partial charge in [-0.2, -0.15) is 0 Å². The summed E-state index contributed by atoms with van der Waals surface area (Å²) in [5, 5.41) is 6.72. The summed E-state index contributed by atoms with van der Waals surface area (Å²) in [6, 6.07) is 9.41. The monoisotopic (exact) mass is 508 g/mol. The molecule has 1 aliphatic heterocycles. The van der Waals surface area contributed by atoms with E-state index in [1.807, 2.05) is 0 Å². The molecule has 2 N–H and O–H groups in total. The van der Waals surface area contributed by atoms with Gasteiger partial charge in [-0.05, 0) is 68.0 Å². The zero-order valence-electron chi connectivity index (χ0n) is 20.5. The number of amides is 1. The Morgan fingerprint density at radius 1 is 1.19 bits per heavy atom. The molecule has 1 spiro atoms. The van der Waals surface area contributed by atoms with Crippen LogP contribution >= 0.6 is 0 Å². The lowest BCUT2D eigenvalue weighted by Crippen LogP contribution is -2.37. The summed E-state index contributed by atoms with van der Waals surface area (Å²) in [4.78, 5) is 14.4. The van der Waals surface area contributed by atoms with E-state index in [4.69, 9.17) is 9.26 Å². The Morgan fingerprint density at radius 2 is 1.97 bits per heavy atom. The molecule has 3 aliphatic rings. The average molecular weight is 509 g/mol. The van der Waals surface area contributed by atoms with E-state index in [9.17, 15) is 13.2 Å². The summed E-state index contributed by atoms with van der Waals surface area (Å²) in [6.45, 7) is 3.76. The first kappa shape index (κ1) is 22.9. The number of ether oxygens (including phenoxy) is 1. The first-order chi connectivity index (χ1) is 17.3. The number of benzene rings is 2. The van der Waals surface area contributed by atoms with Crippen LogP contribution in [0.5, 0.6) is 5.75 Å². The van der Waals surface area contributed by atoms with E-state index in [0.717, 1.165) is 42.7 Å². The molecule has 0 unspecified atom stereocenters. The van der Waals surface area contributed by atoms with Crippen molar-refractivity contribution >= 4 is 27.4 Å². The summed E-state index contributed by atoms with van der Waals surface area (Å²) in [7, 11) is -1.19. The molecule has 10 heteroatoms. The predicted octanol–water partition coefficient (Wildman–Crippen LogP) is 3.62. The fourth-order valence-corrected chi connectivity index (χ4v) is 6.61. The third kappa shape index (κ3) is 3.46. The van der Waals surface area contributed by atoms with Gasteiger partial charge < -0.3 is 19.5 Å². The molecule has 1 aromatic heterocycles. The molecule has 2 aliphatic carbocycles. The molecule has 1 amide bonds. The molecule has 0 atom stereocenters. The quantitative estimate of drug-likeness (QED) is 0.523. The van der Waals surface area contributed by atoms with Crippen LogP contribution in [0.2, 0.25) is 0 Å². The Balaban J connectivity index is 1.39. The highest BCUT2D eigenvalue weighted by atomic mass is 32.2. The second-order valence-corrected chi connectivity index (χ2v) is 11.5. The van der Waals surface area contributed by atoms with Crippen LogP contribution in [0.1, 0.15) is 46.3 Å². The number of fused-ring (bicyclic) bond motifs is 4. The fourth-order valence-electron chi connectivity index (χ4n) is 5.34. The Hall–Kier alpha value is -3.53. The molecule has 0 bridgehead atoms. The van der Waals surface area contributed by atoms with Gasteiger partial charge in [0.15, 0.2) is 11.6 Å². The molecule has 1 saturated carbocycles. The van der Waals surface area contributed by atoms with Crippen LogP contribution in [-0.2, 0) is 21.9 Å². The fraction of sp³-hybridized carbons (Fsp3) is 0.385. The zero-order valence-corrected chi connectivity index (χ0v) is 21.3. The SMILES string of the molecule is CNC(=O)c1cc(OC)c(S(=O)(=O)Nc2noc3c2CC2(CC2)c2ccc(N4CCC4)cc2-3)cc1C. The number of anilines is 2. The minimum Gasteiger partial charge on any atom is -0.495 e. The van der Waals surface area contributed by atoms with Crippen LogP contribution in [0.4, 0.5) is 11.5 Å². The molecule has 0 radical (unpaired) electrons. The van der Waals surface area contributed by atoms with Gasteiger partial charge in [-0.15, -0.1) is 0 Å². The van der Waals surface area contributed by atoms with Crippen molar-refractivity contribution in [1.82, 2.24) is 10.5 Å². The molecule has 9 nitrogen and oxygen atoms in total. The number of sulfonamides is 1. The van der Waals surface area contributed by atoms with Gasteiger partial charge in [-0.1, -0.05) is 11.2 Å². The number of carbonyl (C=O) groups is 1. The third-order valence-corrected chi connectivity index (χ3v) is 9.06. The maximum Gasteiger partial charge on any atom is 0.266 e. The summed E-state index contributed by atoms with van der Waals surface area (Å²) in [5.41, 5.74) is 5.05. The summed E-state index contributed by atoms with van der Waals surface area (Å²) < 4.78 is 40.8. The standard InChI is InChI=1S/C26H28N4O5S/c1-15-11-22(21(34-3)13-17(15)25(31)27-2)36(32,33)29-24-19-14-26(7-8-26)20-6-5-16(30-9-4-10-30)12-18(20)23(19)35-28-24/h5-6,11-13H,4,7-10,14H2,1-3H3,(H,27,31)(H,28,29). The Labute approximate surface area is 209 Å². The first-order valence-electron chi connectivity index (χ1n) is 12.1. The van der Waals surface area contributed by atoms with Crippen molar-refractivity contribution in [3.63, 3.8) is 0 Å². The first-order valence-corrected chi connectivity index (χ1v) is 13.6. The molecular formula is C26H28N4O5S. The highest BCUT2D eigenvalue weighted by Gasteiger charge is 2.50. The lowest BCUT2D eigenvalue weighted by molar-refractivity contribution is 0.0962. The van der Waals surface area contributed by atoms with Gasteiger partial charge in [0.25, 0.3) is 15.9 Å². The zero-order chi connectivity index (χ0) is 25.2. The summed E-state index contributed by atoms with van der Waals surface area (Å²) >= 11 is 0. The number of aryl methyl sites for hydroxylation is 1. The van der Waals surface area contributed by atoms with E-state index in [1.165, 1.54) is 38.3 Å². The second-order valence-electron chi connectivity index (χ2n) is 9.87. The van der Waals surface area contributed by atoms with E-state index < -0.39 is 10.0 Å². The minimum atomic E-state index is -4.08. The van der Waals surface area contributed by atoms with E-state index in [2.05, 4.69) is 38.3 Å². The normalized spacial score (nSPS) is 17.1. The van der Waals surface area contributed by atoms with E-state index in [1.54, 1.807) is 6.92 Å². The second kappa shape index (κ2) is 7.99. The maximum atomic E-state index is 13.5. The third-order valence-electron chi connectivity index (χ3n) is 7.70. The van der Waals surface area contributed by atoms with Crippen LogP contribution in [0.3, 0.4) is 0 Å². The highest BCUT2D eigenvalue weighted by Crippen LogP contribution is 2.58. The highest BCUT2D eigenvalue weighted by molar-refractivity contribution is 7.92. The van der Waals surface area contributed by atoms with Gasteiger partial charge in [0.2, 0.25) is 0 Å². The molecule has 1 saturated heterocycles.